The van der Waals surface area contributed by atoms with Gasteiger partial charge in [0.1, 0.15) is 0 Å². The molecule has 0 saturated carbocycles. The maximum Gasteiger partial charge on any atom is 0.0726 e. The van der Waals surface area contributed by atoms with Gasteiger partial charge in [0.2, 0.25) is 0 Å². The molecule has 0 atom stereocenters. The molecule has 2 aromatic heterocycles. The van der Waals surface area contributed by atoms with Crippen LogP contribution < -0.4 is 0 Å². The summed E-state index contributed by atoms with van der Waals surface area (Å²) in [7, 11) is 0. The SMILES string of the molecule is CC1(C)c2ccccc2-c2ccc(-c3ccc4c(c3)c3c5ccccc5c5c6ccccc6sc5c3n4-c3ccc(-c4ccccc4)cc3)cc21. The summed E-state index contributed by atoms with van der Waals surface area (Å²) in [6, 6.07) is 60.9. The van der Waals surface area contributed by atoms with Crippen LogP contribution in [-0.2, 0) is 5.41 Å². The minimum atomic E-state index is -0.0447. The van der Waals surface area contributed by atoms with Crippen LogP contribution >= 0.6 is 11.3 Å². The van der Waals surface area contributed by atoms with E-state index in [1.165, 1.54) is 103 Å². The Balaban J connectivity index is 1.22. The summed E-state index contributed by atoms with van der Waals surface area (Å²) in [5, 5.41) is 7.91. The standard InChI is InChI=1S/C49H33NS/c1-49(2)41-18-10-8-14-35(41)36-26-22-33(29-42(36)49)32-23-27-43-40(28-32)45-37-15-6-7-16-38(37)46-39-17-9-11-19-44(39)51-48(46)47(45)50(43)34-24-20-31(21-25-34)30-12-4-3-5-13-30/h3-29H,1-2H3. The zero-order valence-corrected chi connectivity index (χ0v) is 29.3. The van der Waals surface area contributed by atoms with E-state index in [1.54, 1.807) is 0 Å². The highest BCUT2D eigenvalue weighted by molar-refractivity contribution is 7.27. The quantitative estimate of drug-likeness (QED) is 0.177. The van der Waals surface area contributed by atoms with Crippen LogP contribution in [0.4, 0.5) is 0 Å². The number of fused-ring (bicyclic) bond motifs is 13. The van der Waals surface area contributed by atoms with Gasteiger partial charge in [0, 0.05) is 37.3 Å². The minimum absolute atomic E-state index is 0.0447. The number of nitrogens with zero attached hydrogens (tertiary/aromatic N) is 1. The maximum absolute atomic E-state index is 2.52. The van der Waals surface area contributed by atoms with Crippen molar-refractivity contribution in [2.75, 3.05) is 0 Å². The number of benzene rings is 8. The molecule has 0 N–H and O–H groups in total. The van der Waals surface area contributed by atoms with Gasteiger partial charge in [-0.2, -0.15) is 0 Å². The number of thiophene rings is 1. The van der Waals surface area contributed by atoms with E-state index in [0.29, 0.717) is 0 Å². The fourth-order valence-corrected chi connectivity index (χ4v) is 10.2. The molecule has 0 aliphatic heterocycles. The first-order chi connectivity index (χ1) is 25.1. The molecule has 51 heavy (non-hydrogen) atoms. The van der Waals surface area contributed by atoms with E-state index in [1.807, 2.05) is 11.3 Å². The fourth-order valence-electron chi connectivity index (χ4n) is 8.94. The Morgan fingerprint density at radius 1 is 0.451 bits per heavy atom. The van der Waals surface area contributed by atoms with Gasteiger partial charge < -0.3 is 4.57 Å². The third-order valence-corrected chi connectivity index (χ3v) is 12.6. The molecule has 0 bridgehead atoms. The molecule has 1 aliphatic rings. The molecule has 0 spiro atoms. The molecular formula is C49H33NS. The van der Waals surface area contributed by atoms with Gasteiger partial charge in [0.25, 0.3) is 0 Å². The Hall–Kier alpha value is -5.96. The van der Waals surface area contributed by atoms with Crippen LogP contribution in [0.15, 0.2) is 164 Å². The van der Waals surface area contributed by atoms with Gasteiger partial charge in [0.05, 0.1) is 15.7 Å². The lowest BCUT2D eigenvalue weighted by Crippen LogP contribution is -2.14. The highest BCUT2D eigenvalue weighted by Gasteiger charge is 2.35. The highest BCUT2D eigenvalue weighted by atomic mass is 32.1. The van der Waals surface area contributed by atoms with Crippen LogP contribution in [0.1, 0.15) is 25.0 Å². The average Bonchev–Trinajstić information content (AvgIpc) is 3.81. The first kappa shape index (κ1) is 28.8. The molecule has 2 heteroatoms. The Bertz CT molecular complexity index is 3030. The zero-order valence-electron chi connectivity index (χ0n) is 28.4. The van der Waals surface area contributed by atoms with E-state index < -0.39 is 0 Å². The number of aromatic nitrogens is 1. The molecule has 1 aliphatic carbocycles. The van der Waals surface area contributed by atoms with E-state index in [0.717, 1.165) is 0 Å². The minimum Gasteiger partial charge on any atom is -0.308 e. The van der Waals surface area contributed by atoms with Crippen LogP contribution in [0.2, 0.25) is 0 Å². The Kier molecular flexibility index (Phi) is 5.95. The zero-order chi connectivity index (χ0) is 33.8. The molecule has 11 rings (SSSR count). The molecule has 8 aromatic carbocycles. The molecule has 10 aromatic rings. The van der Waals surface area contributed by atoms with Crippen molar-refractivity contribution < 1.29 is 0 Å². The molecule has 0 unspecified atom stereocenters. The average molecular weight is 668 g/mol. The van der Waals surface area contributed by atoms with Crippen molar-refractivity contribution in [1.29, 1.82) is 0 Å². The lowest BCUT2D eigenvalue weighted by Gasteiger charge is -2.22. The van der Waals surface area contributed by atoms with Gasteiger partial charge in [-0.3, -0.25) is 0 Å². The third kappa shape index (κ3) is 4.03. The predicted octanol–water partition coefficient (Wildman–Crippen LogP) is 13.9. The highest BCUT2D eigenvalue weighted by Crippen LogP contribution is 2.51. The third-order valence-electron chi connectivity index (χ3n) is 11.4. The predicted molar refractivity (Wildman–Crippen MR) is 220 cm³/mol. The Labute approximate surface area is 300 Å². The second-order valence-electron chi connectivity index (χ2n) is 14.5. The van der Waals surface area contributed by atoms with Crippen molar-refractivity contribution >= 4 is 64.1 Å². The molecule has 0 saturated heterocycles. The summed E-state index contributed by atoms with van der Waals surface area (Å²) in [6.07, 6.45) is 0. The normalized spacial score (nSPS) is 13.5. The van der Waals surface area contributed by atoms with Crippen LogP contribution in [0.3, 0.4) is 0 Å². The van der Waals surface area contributed by atoms with Crippen LogP contribution in [0.5, 0.6) is 0 Å². The molecule has 0 amide bonds. The van der Waals surface area contributed by atoms with Crippen molar-refractivity contribution in [1.82, 2.24) is 4.57 Å². The van der Waals surface area contributed by atoms with Gasteiger partial charge >= 0.3 is 0 Å². The van der Waals surface area contributed by atoms with Gasteiger partial charge in [0.15, 0.2) is 0 Å². The van der Waals surface area contributed by atoms with E-state index in [9.17, 15) is 0 Å². The molecule has 0 radical (unpaired) electrons. The van der Waals surface area contributed by atoms with Crippen LogP contribution in [0.25, 0.3) is 91.8 Å². The van der Waals surface area contributed by atoms with Crippen LogP contribution in [0, 0.1) is 0 Å². The second-order valence-corrected chi connectivity index (χ2v) is 15.5. The summed E-state index contributed by atoms with van der Waals surface area (Å²) in [5.41, 5.74) is 14.1. The number of rotatable bonds is 3. The molecule has 1 nitrogen and oxygen atoms in total. The molecule has 2 heterocycles. The number of hydrogen-bond donors (Lipinski definition) is 0. The van der Waals surface area contributed by atoms with Gasteiger partial charge in [-0.15, -0.1) is 11.3 Å². The van der Waals surface area contributed by atoms with Crippen molar-refractivity contribution in [3.8, 4) is 39.1 Å². The first-order valence-electron chi connectivity index (χ1n) is 17.8. The van der Waals surface area contributed by atoms with E-state index in [-0.39, 0.29) is 5.41 Å². The van der Waals surface area contributed by atoms with Crippen molar-refractivity contribution in [3.05, 3.63) is 175 Å². The second kappa shape index (κ2) is 10.5. The topological polar surface area (TPSA) is 4.93 Å². The lowest BCUT2D eigenvalue weighted by atomic mass is 9.81. The van der Waals surface area contributed by atoms with E-state index in [2.05, 4.69) is 182 Å². The summed E-state index contributed by atoms with van der Waals surface area (Å²) in [6.45, 7) is 4.73. The maximum atomic E-state index is 2.52. The van der Waals surface area contributed by atoms with E-state index in [4.69, 9.17) is 0 Å². The van der Waals surface area contributed by atoms with Crippen LogP contribution in [-0.4, -0.2) is 4.57 Å². The van der Waals surface area contributed by atoms with Crippen molar-refractivity contribution in [2.24, 2.45) is 0 Å². The summed E-state index contributed by atoms with van der Waals surface area (Å²) < 4.78 is 5.19. The van der Waals surface area contributed by atoms with E-state index >= 15 is 0 Å². The Morgan fingerprint density at radius 3 is 1.88 bits per heavy atom. The summed E-state index contributed by atoms with van der Waals surface area (Å²) in [4.78, 5) is 0. The van der Waals surface area contributed by atoms with Gasteiger partial charge in [-0.25, -0.2) is 0 Å². The summed E-state index contributed by atoms with van der Waals surface area (Å²) in [5.74, 6) is 0. The monoisotopic (exact) mass is 667 g/mol. The van der Waals surface area contributed by atoms with Gasteiger partial charge in [-0.05, 0) is 91.7 Å². The largest absolute Gasteiger partial charge is 0.308 e. The first-order valence-corrected chi connectivity index (χ1v) is 18.6. The van der Waals surface area contributed by atoms with Crippen molar-refractivity contribution in [3.63, 3.8) is 0 Å². The molecule has 0 fully saturated rings. The number of hydrogen-bond acceptors (Lipinski definition) is 1. The lowest BCUT2D eigenvalue weighted by molar-refractivity contribution is 0.660. The van der Waals surface area contributed by atoms with Crippen molar-refractivity contribution in [2.45, 2.75) is 19.3 Å². The van der Waals surface area contributed by atoms with Gasteiger partial charge in [-0.1, -0.05) is 141 Å². The molecule has 240 valence electrons. The summed E-state index contributed by atoms with van der Waals surface area (Å²) >= 11 is 1.92. The Morgan fingerprint density at radius 2 is 1.06 bits per heavy atom. The molecular weight excluding hydrogens is 635 g/mol. The smallest absolute Gasteiger partial charge is 0.0726 e. The fraction of sp³-hybridized carbons (Fsp3) is 0.0612.